The van der Waals surface area contributed by atoms with Gasteiger partial charge in [-0.1, -0.05) is 69.3 Å². The number of para-hydroxylation sites is 1. The minimum Gasteiger partial charge on any atom is -0.466 e. The summed E-state index contributed by atoms with van der Waals surface area (Å²) in [6, 6.07) is 20.0. The molecule has 0 saturated heterocycles. The van der Waals surface area contributed by atoms with Gasteiger partial charge in [-0.3, -0.25) is 0 Å². The van der Waals surface area contributed by atoms with Gasteiger partial charge in [0.25, 0.3) is 0 Å². The molecule has 0 bridgehead atoms. The minimum atomic E-state index is -0.352. The highest BCUT2D eigenvalue weighted by Crippen LogP contribution is 2.45. The van der Waals surface area contributed by atoms with E-state index in [-0.39, 0.29) is 11.2 Å². The van der Waals surface area contributed by atoms with Crippen LogP contribution >= 0.6 is 0 Å². The fourth-order valence-corrected chi connectivity index (χ4v) is 4.78. The van der Waals surface area contributed by atoms with Crippen molar-refractivity contribution in [2.45, 2.75) is 33.1 Å². The molecule has 0 N–H and O–H groups in total. The van der Waals surface area contributed by atoms with E-state index in [0.29, 0.717) is 22.4 Å². The third-order valence-corrected chi connectivity index (χ3v) is 6.44. The first-order valence-electron chi connectivity index (χ1n) is 11.3. The van der Waals surface area contributed by atoms with Gasteiger partial charge in [0.05, 0.1) is 12.1 Å². The molecule has 0 aliphatic rings. The third-order valence-electron chi connectivity index (χ3n) is 6.44. The van der Waals surface area contributed by atoms with Gasteiger partial charge in [-0.25, -0.2) is 9.24 Å². The summed E-state index contributed by atoms with van der Waals surface area (Å²) in [5, 5.41) is 1.87. The van der Waals surface area contributed by atoms with Crippen LogP contribution in [0.3, 0.4) is 0 Å². The lowest BCUT2D eigenvalue weighted by molar-refractivity contribution is -0.662. The van der Waals surface area contributed by atoms with Crippen LogP contribution < -0.4 is 4.57 Å². The Kier molecular flexibility index (Phi) is 5.02. The van der Waals surface area contributed by atoms with E-state index in [0.717, 1.165) is 38.7 Å². The normalized spacial score (nSPS) is 11.8. The summed E-state index contributed by atoms with van der Waals surface area (Å²) in [6.07, 6.45) is 1.54. The summed E-state index contributed by atoms with van der Waals surface area (Å²) in [4.78, 5) is 3.70. The van der Waals surface area contributed by atoms with E-state index >= 15 is 0 Å². The quantitative estimate of drug-likeness (QED) is 0.197. The molecule has 2 aromatic heterocycles. The predicted octanol–water partition coefficient (Wildman–Crippen LogP) is 8.04. The maximum Gasteiger partial charge on any atom is 0.229 e. The Hall–Kier alpha value is -3.97. The molecular weight excluding hydrogens is 423 g/mol. The van der Waals surface area contributed by atoms with E-state index in [1.807, 2.05) is 68.8 Å². The smallest absolute Gasteiger partial charge is 0.229 e. The SMILES string of the molecule is [C-]#[N+]c1cccc2c1oc1c(-c3cc(C(C)(C)C)c(F)c[n+]3C)c(C)cc(-c3ccccc3)c12. The topological polar surface area (TPSA) is 21.4 Å². The van der Waals surface area contributed by atoms with Crippen molar-refractivity contribution in [1.82, 2.24) is 0 Å². The molecule has 34 heavy (non-hydrogen) atoms. The Morgan fingerprint density at radius 1 is 0.971 bits per heavy atom. The molecule has 5 rings (SSSR count). The summed E-state index contributed by atoms with van der Waals surface area (Å²) >= 11 is 0. The van der Waals surface area contributed by atoms with Crippen molar-refractivity contribution in [2.24, 2.45) is 7.05 Å². The maximum atomic E-state index is 14.9. The molecule has 0 amide bonds. The Morgan fingerprint density at radius 3 is 2.38 bits per heavy atom. The average Bonchev–Trinajstić information content (AvgIpc) is 3.18. The second kappa shape index (κ2) is 7.81. The van der Waals surface area contributed by atoms with Gasteiger partial charge in [-0.15, -0.1) is 0 Å². The molecule has 0 fully saturated rings. The monoisotopic (exact) mass is 449 g/mol. The van der Waals surface area contributed by atoms with Crippen LogP contribution in [0.25, 0.3) is 49.2 Å². The number of fused-ring (bicyclic) bond motifs is 3. The second-order valence-corrected chi connectivity index (χ2v) is 9.84. The molecule has 3 nitrogen and oxygen atoms in total. The Bertz CT molecular complexity index is 1620. The molecule has 5 aromatic rings. The van der Waals surface area contributed by atoms with Crippen molar-refractivity contribution in [3.8, 4) is 22.4 Å². The molecule has 168 valence electrons. The number of aryl methyl sites for hydroxylation is 2. The number of aromatic nitrogens is 1. The van der Waals surface area contributed by atoms with Gasteiger partial charge in [0.2, 0.25) is 17.6 Å². The number of rotatable bonds is 2. The van der Waals surface area contributed by atoms with E-state index in [9.17, 15) is 4.39 Å². The first kappa shape index (κ1) is 21.9. The first-order valence-corrected chi connectivity index (χ1v) is 11.3. The Balaban J connectivity index is 1.97. The van der Waals surface area contributed by atoms with Gasteiger partial charge < -0.3 is 4.42 Å². The van der Waals surface area contributed by atoms with Crippen LogP contribution in [0.4, 0.5) is 10.1 Å². The molecule has 0 unspecified atom stereocenters. The summed E-state index contributed by atoms with van der Waals surface area (Å²) in [7, 11) is 1.86. The summed E-state index contributed by atoms with van der Waals surface area (Å²) < 4.78 is 23.2. The number of hydrogen-bond acceptors (Lipinski definition) is 1. The van der Waals surface area contributed by atoms with Crippen LogP contribution in [-0.2, 0) is 12.5 Å². The van der Waals surface area contributed by atoms with E-state index in [1.54, 1.807) is 12.3 Å². The van der Waals surface area contributed by atoms with E-state index in [4.69, 9.17) is 11.0 Å². The molecule has 4 heteroatoms. The predicted molar refractivity (Wildman–Crippen MR) is 135 cm³/mol. The van der Waals surface area contributed by atoms with Gasteiger partial charge in [0.1, 0.15) is 18.2 Å². The van der Waals surface area contributed by atoms with Crippen LogP contribution in [-0.4, -0.2) is 0 Å². The van der Waals surface area contributed by atoms with E-state index in [1.165, 1.54) is 0 Å². The lowest BCUT2D eigenvalue weighted by atomic mass is 9.85. The number of furan rings is 1. The largest absolute Gasteiger partial charge is 0.466 e. The van der Waals surface area contributed by atoms with Gasteiger partial charge in [-0.05, 0) is 35.1 Å². The molecule has 0 aliphatic carbocycles. The molecule has 0 saturated carbocycles. The number of halogens is 1. The van der Waals surface area contributed by atoms with Crippen LogP contribution in [0.2, 0.25) is 0 Å². The third kappa shape index (κ3) is 3.36. The zero-order chi connectivity index (χ0) is 24.2. The maximum absolute atomic E-state index is 14.9. The highest BCUT2D eigenvalue weighted by molar-refractivity contribution is 6.18. The van der Waals surface area contributed by atoms with Crippen molar-refractivity contribution >= 4 is 27.6 Å². The van der Waals surface area contributed by atoms with E-state index < -0.39 is 0 Å². The first-order chi connectivity index (χ1) is 16.2. The highest BCUT2D eigenvalue weighted by Gasteiger charge is 2.29. The lowest BCUT2D eigenvalue weighted by Crippen LogP contribution is -2.33. The fourth-order valence-electron chi connectivity index (χ4n) is 4.78. The molecule has 3 aromatic carbocycles. The highest BCUT2D eigenvalue weighted by atomic mass is 19.1. The second-order valence-electron chi connectivity index (χ2n) is 9.84. The average molecular weight is 450 g/mol. The zero-order valence-electron chi connectivity index (χ0n) is 20.0. The molecular formula is C30H26FN2O+. The summed E-state index contributed by atoms with van der Waals surface area (Å²) in [5.41, 5.74) is 7.02. The van der Waals surface area contributed by atoms with Crippen molar-refractivity contribution in [1.29, 1.82) is 0 Å². The van der Waals surface area contributed by atoms with Crippen molar-refractivity contribution in [2.75, 3.05) is 0 Å². The number of pyridine rings is 1. The standard InChI is InChI=1S/C30H26FN2O/c1-18-15-21(19-11-8-7-9-12-19)27-20-13-10-14-24(32-5)28(20)34-29(27)26(18)25-16-22(30(2,3)4)23(31)17-33(25)6/h7-17H,1-4,6H3/q+1. The molecule has 0 atom stereocenters. The number of hydrogen-bond donors (Lipinski definition) is 0. The van der Waals surface area contributed by atoms with E-state index in [2.05, 4.69) is 30.0 Å². The van der Waals surface area contributed by atoms with Gasteiger partial charge in [0, 0.05) is 22.4 Å². The van der Waals surface area contributed by atoms with Gasteiger partial charge in [0.15, 0.2) is 5.82 Å². The Morgan fingerprint density at radius 2 is 1.71 bits per heavy atom. The van der Waals surface area contributed by atoms with Crippen LogP contribution in [0.1, 0.15) is 31.9 Å². The Labute approximate surface area is 198 Å². The number of nitrogens with zero attached hydrogens (tertiary/aromatic N) is 2. The van der Waals surface area contributed by atoms with Crippen LogP contribution in [0, 0.1) is 19.3 Å². The molecule has 0 aliphatic heterocycles. The van der Waals surface area contributed by atoms with Crippen molar-refractivity contribution < 1.29 is 13.4 Å². The van der Waals surface area contributed by atoms with Crippen LogP contribution in [0.5, 0.6) is 0 Å². The molecule has 0 spiro atoms. The summed E-state index contributed by atoms with van der Waals surface area (Å²) in [5.74, 6) is -0.228. The molecule has 2 heterocycles. The summed E-state index contributed by atoms with van der Waals surface area (Å²) in [6.45, 7) is 15.8. The lowest BCUT2D eigenvalue weighted by Gasteiger charge is -2.20. The van der Waals surface area contributed by atoms with Crippen molar-refractivity contribution in [3.05, 3.63) is 95.2 Å². The van der Waals surface area contributed by atoms with Gasteiger partial charge >= 0.3 is 0 Å². The minimum absolute atomic E-state index is 0.228. The van der Waals surface area contributed by atoms with Crippen molar-refractivity contribution in [3.63, 3.8) is 0 Å². The van der Waals surface area contributed by atoms with Gasteiger partial charge in [-0.2, -0.15) is 4.57 Å². The number of benzene rings is 3. The van der Waals surface area contributed by atoms with Crippen LogP contribution in [0.15, 0.2) is 71.3 Å². The fraction of sp³-hybridized carbons (Fsp3) is 0.200. The zero-order valence-corrected chi connectivity index (χ0v) is 20.0. The molecule has 0 radical (unpaired) electrons.